The molecule has 0 fully saturated rings. The van der Waals surface area contributed by atoms with Crippen LogP contribution in [0.2, 0.25) is 0 Å². The maximum absolute atomic E-state index is 12.2. The number of aryl methyl sites for hydroxylation is 1. The molecule has 0 bridgehead atoms. The lowest BCUT2D eigenvalue weighted by molar-refractivity contribution is -0.116. The maximum atomic E-state index is 12.2. The van der Waals surface area contributed by atoms with Crippen LogP contribution in [0.15, 0.2) is 54.2 Å². The Bertz CT molecular complexity index is 909. The van der Waals surface area contributed by atoms with Crippen LogP contribution in [-0.2, 0) is 16.0 Å². The number of hydrogen-bond acceptors (Lipinski definition) is 6. The van der Waals surface area contributed by atoms with Crippen molar-refractivity contribution in [2.75, 3.05) is 12.4 Å². The van der Waals surface area contributed by atoms with E-state index < -0.39 is 5.97 Å². The minimum Gasteiger partial charge on any atom is -0.465 e. The maximum Gasteiger partial charge on any atom is 0.339 e. The number of hydrogen-bond donors (Lipinski definition) is 1. The standard InChI is InChI=1S/C19H17N3O3S/c1-25-19(24)15-4-2-3-5-16(15)22-17(23)7-6-14-12-26-18(21-14)13-8-10-20-11-9-13/h2-5,8-12H,6-7H2,1H3,(H,22,23). The van der Waals surface area contributed by atoms with Crippen molar-refractivity contribution in [1.82, 2.24) is 9.97 Å². The Morgan fingerprint density at radius 1 is 1.15 bits per heavy atom. The molecule has 0 radical (unpaired) electrons. The van der Waals surface area contributed by atoms with Crippen molar-refractivity contribution in [2.24, 2.45) is 0 Å². The Morgan fingerprint density at radius 3 is 2.69 bits per heavy atom. The molecule has 0 spiro atoms. The van der Waals surface area contributed by atoms with Gasteiger partial charge >= 0.3 is 5.97 Å². The lowest BCUT2D eigenvalue weighted by Gasteiger charge is -2.09. The van der Waals surface area contributed by atoms with Crippen LogP contribution in [0.5, 0.6) is 0 Å². The van der Waals surface area contributed by atoms with Crippen LogP contribution in [-0.4, -0.2) is 29.0 Å². The molecule has 7 heteroatoms. The lowest BCUT2D eigenvalue weighted by atomic mass is 10.1. The van der Waals surface area contributed by atoms with E-state index in [2.05, 4.69) is 15.3 Å². The van der Waals surface area contributed by atoms with E-state index in [4.69, 9.17) is 4.74 Å². The number of para-hydroxylation sites is 1. The van der Waals surface area contributed by atoms with Crippen LogP contribution < -0.4 is 5.32 Å². The number of nitrogens with one attached hydrogen (secondary N) is 1. The first-order valence-corrected chi connectivity index (χ1v) is 8.87. The molecule has 0 aliphatic carbocycles. The highest BCUT2D eigenvalue weighted by Crippen LogP contribution is 2.23. The fourth-order valence-electron chi connectivity index (χ4n) is 2.38. The molecule has 2 aromatic heterocycles. The number of methoxy groups -OCH3 is 1. The van der Waals surface area contributed by atoms with Gasteiger partial charge in [0, 0.05) is 29.8 Å². The average Bonchev–Trinajstić information content (AvgIpc) is 3.16. The van der Waals surface area contributed by atoms with Gasteiger partial charge in [0.15, 0.2) is 0 Å². The van der Waals surface area contributed by atoms with E-state index in [1.165, 1.54) is 18.4 Å². The fourth-order valence-corrected chi connectivity index (χ4v) is 3.24. The second kappa shape index (κ2) is 8.35. The highest BCUT2D eigenvalue weighted by Gasteiger charge is 2.13. The van der Waals surface area contributed by atoms with E-state index in [9.17, 15) is 9.59 Å². The summed E-state index contributed by atoms with van der Waals surface area (Å²) < 4.78 is 4.73. The third-order valence-electron chi connectivity index (χ3n) is 3.69. The Labute approximate surface area is 154 Å². The molecule has 6 nitrogen and oxygen atoms in total. The van der Waals surface area contributed by atoms with Gasteiger partial charge in [0.25, 0.3) is 0 Å². The minimum absolute atomic E-state index is 0.181. The highest BCUT2D eigenvalue weighted by molar-refractivity contribution is 7.13. The fraction of sp³-hybridized carbons (Fsp3) is 0.158. The zero-order chi connectivity index (χ0) is 18.4. The topological polar surface area (TPSA) is 81.2 Å². The third-order valence-corrected chi connectivity index (χ3v) is 4.63. The Balaban J connectivity index is 1.60. The van der Waals surface area contributed by atoms with Gasteiger partial charge in [-0.3, -0.25) is 9.78 Å². The molecule has 0 aliphatic rings. The predicted octanol–water partition coefficient (Wildman–Crippen LogP) is 3.56. The first-order valence-electron chi connectivity index (χ1n) is 7.99. The number of rotatable bonds is 6. The number of carbonyl (C=O) groups excluding carboxylic acids is 2. The van der Waals surface area contributed by atoms with E-state index in [0.29, 0.717) is 17.7 Å². The predicted molar refractivity (Wildman–Crippen MR) is 100 cm³/mol. The average molecular weight is 367 g/mol. The lowest BCUT2D eigenvalue weighted by Crippen LogP contribution is -2.15. The molecule has 0 unspecified atom stereocenters. The Hall–Kier alpha value is -3.06. The second-order valence-electron chi connectivity index (χ2n) is 5.47. The van der Waals surface area contributed by atoms with Gasteiger partial charge in [-0.25, -0.2) is 9.78 Å². The first kappa shape index (κ1) is 17.8. The molecule has 0 saturated carbocycles. The summed E-state index contributed by atoms with van der Waals surface area (Å²) in [5.74, 6) is -0.665. The van der Waals surface area contributed by atoms with E-state index in [1.807, 2.05) is 17.5 Å². The molecule has 132 valence electrons. The van der Waals surface area contributed by atoms with Crippen molar-refractivity contribution in [3.05, 3.63) is 65.4 Å². The van der Waals surface area contributed by atoms with Gasteiger partial charge in [-0.1, -0.05) is 12.1 Å². The molecular formula is C19H17N3O3S. The summed E-state index contributed by atoms with van der Waals surface area (Å²) in [6.07, 6.45) is 4.24. The number of ether oxygens (including phenoxy) is 1. The van der Waals surface area contributed by atoms with Crippen molar-refractivity contribution in [1.29, 1.82) is 0 Å². The summed E-state index contributed by atoms with van der Waals surface area (Å²) in [6.45, 7) is 0. The SMILES string of the molecule is COC(=O)c1ccccc1NC(=O)CCc1csc(-c2ccncc2)n1. The molecular weight excluding hydrogens is 350 g/mol. The number of nitrogens with zero attached hydrogens (tertiary/aromatic N) is 2. The van der Waals surface area contributed by atoms with E-state index in [-0.39, 0.29) is 12.3 Å². The molecule has 1 amide bonds. The summed E-state index contributed by atoms with van der Waals surface area (Å²) in [6, 6.07) is 10.6. The molecule has 0 atom stereocenters. The Kier molecular flexibility index (Phi) is 5.70. The van der Waals surface area contributed by atoms with Crippen LogP contribution in [0, 0.1) is 0 Å². The monoisotopic (exact) mass is 367 g/mol. The summed E-state index contributed by atoms with van der Waals surface area (Å²) in [4.78, 5) is 32.5. The molecule has 0 aliphatic heterocycles. The number of aromatic nitrogens is 2. The van der Waals surface area contributed by atoms with Crippen molar-refractivity contribution in [3.63, 3.8) is 0 Å². The molecule has 3 aromatic rings. The van der Waals surface area contributed by atoms with Gasteiger partial charge < -0.3 is 10.1 Å². The first-order chi connectivity index (χ1) is 12.7. The largest absolute Gasteiger partial charge is 0.465 e. The van der Waals surface area contributed by atoms with E-state index in [0.717, 1.165) is 16.3 Å². The van der Waals surface area contributed by atoms with Gasteiger partial charge in [0.2, 0.25) is 5.91 Å². The summed E-state index contributed by atoms with van der Waals surface area (Å²) in [5.41, 5.74) is 2.64. The molecule has 1 N–H and O–H groups in total. The summed E-state index contributed by atoms with van der Waals surface area (Å²) >= 11 is 1.54. The highest BCUT2D eigenvalue weighted by atomic mass is 32.1. The molecule has 26 heavy (non-hydrogen) atoms. The molecule has 1 aromatic carbocycles. The van der Waals surface area contributed by atoms with Gasteiger partial charge in [-0.2, -0.15) is 0 Å². The molecule has 3 rings (SSSR count). The van der Waals surface area contributed by atoms with Crippen LogP contribution in [0.3, 0.4) is 0 Å². The number of pyridine rings is 1. The van der Waals surface area contributed by atoms with Crippen molar-refractivity contribution < 1.29 is 14.3 Å². The number of carbonyl (C=O) groups is 2. The molecule has 2 heterocycles. The number of benzene rings is 1. The van der Waals surface area contributed by atoms with Gasteiger partial charge in [-0.05, 0) is 30.7 Å². The Morgan fingerprint density at radius 2 is 1.92 bits per heavy atom. The smallest absolute Gasteiger partial charge is 0.339 e. The van der Waals surface area contributed by atoms with Crippen molar-refractivity contribution in [3.8, 4) is 10.6 Å². The number of amides is 1. The summed E-state index contributed by atoms with van der Waals surface area (Å²) in [7, 11) is 1.31. The number of esters is 1. The second-order valence-corrected chi connectivity index (χ2v) is 6.32. The van der Waals surface area contributed by atoms with Crippen LogP contribution in [0.1, 0.15) is 22.5 Å². The third kappa shape index (κ3) is 4.31. The van der Waals surface area contributed by atoms with Crippen LogP contribution >= 0.6 is 11.3 Å². The zero-order valence-corrected chi connectivity index (χ0v) is 15.0. The minimum atomic E-state index is -0.484. The van der Waals surface area contributed by atoms with Gasteiger partial charge in [-0.15, -0.1) is 11.3 Å². The van der Waals surface area contributed by atoms with E-state index >= 15 is 0 Å². The van der Waals surface area contributed by atoms with Crippen molar-refractivity contribution in [2.45, 2.75) is 12.8 Å². The van der Waals surface area contributed by atoms with E-state index in [1.54, 1.807) is 36.7 Å². The van der Waals surface area contributed by atoms with Crippen molar-refractivity contribution >= 4 is 28.9 Å². The normalized spacial score (nSPS) is 10.3. The quantitative estimate of drug-likeness (QED) is 0.674. The molecule has 0 saturated heterocycles. The number of anilines is 1. The van der Waals surface area contributed by atoms with Gasteiger partial charge in [0.1, 0.15) is 5.01 Å². The summed E-state index contributed by atoms with van der Waals surface area (Å²) in [5, 5.41) is 5.61. The van der Waals surface area contributed by atoms with Crippen LogP contribution in [0.4, 0.5) is 5.69 Å². The van der Waals surface area contributed by atoms with Crippen LogP contribution in [0.25, 0.3) is 10.6 Å². The van der Waals surface area contributed by atoms with Gasteiger partial charge in [0.05, 0.1) is 24.1 Å². The number of thiazole rings is 1. The zero-order valence-electron chi connectivity index (χ0n) is 14.1.